The maximum Gasteiger partial charge on any atom is 0.253 e. The van der Waals surface area contributed by atoms with Crippen molar-refractivity contribution in [3.05, 3.63) is 59.9 Å². The van der Waals surface area contributed by atoms with Gasteiger partial charge >= 0.3 is 0 Å². The Morgan fingerprint density at radius 1 is 1.25 bits per heavy atom. The van der Waals surface area contributed by atoms with Gasteiger partial charge in [0.25, 0.3) is 5.91 Å². The van der Waals surface area contributed by atoms with Gasteiger partial charge in [0.1, 0.15) is 12.4 Å². The molecule has 2 aromatic rings. The van der Waals surface area contributed by atoms with E-state index in [-0.39, 0.29) is 19.1 Å². The van der Waals surface area contributed by atoms with E-state index < -0.39 is 0 Å². The van der Waals surface area contributed by atoms with Crippen LogP contribution >= 0.6 is 0 Å². The lowest BCUT2D eigenvalue weighted by Gasteiger charge is -2.11. The highest BCUT2D eigenvalue weighted by molar-refractivity contribution is 5.93. The molecule has 0 saturated carbocycles. The van der Waals surface area contributed by atoms with Crippen molar-refractivity contribution in [1.29, 1.82) is 0 Å². The molecule has 20 heavy (non-hydrogen) atoms. The van der Waals surface area contributed by atoms with Crippen molar-refractivity contribution in [1.82, 2.24) is 10.3 Å². The summed E-state index contributed by atoms with van der Waals surface area (Å²) in [5.41, 5.74) is 1.37. The highest BCUT2D eigenvalue weighted by atomic mass is 16.5. The summed E-state index contributed by atoms with van der Waals surface area (Å²) in [5, 5.41) is 11.6. The van der Waals surface area contributed by atoms with E-state index in [9.17, 15) is 4.79 Å². The van der Waals surface area contributed by atoms with Crippen LogP contribution in [0.4, 0.5) is 0 Å². The number of nitrogens with one attached hydrogen (secondary N) is 1. The lowest BCUT2D eigenvalue weighted by molar-refractivity contribution is 0.0950. The van der Waals surface area contributed by atoms with Gasteiger partial charge in [-0.15, -0.1) is 0 Å². The number of carbonyl (C=O) groups is 1. The van der Waals surface area contributed by atoms with E-state index in [0.29, 0.717) is 17.9 Å². The Bertz CT molecular complexity index is 558. The highest BCUT2D eigenvalue weighted by Crippen LogP contribution is 2.17. The summed E-state index contributed by atoms with van der Waals surface area (Å²) in [6, 6.07) is 10.8. The average Bonchev–Trinajstić information content (AvgIpc) is 2.52. The van der Waals surface area contributed by atoms with Crippen molar-refractivity contribution >= 4 is 5.91 Å². The molecule has 1 amide bonds. The summed E-state index contributed by atoms with van der Waals surface area (Å²) in [5.74, 6) is 0.475. The van der Waals surface area contributed by atoms with E-state index in [4.69, 9.17) is 9.84 Å². The molecule has 0 spiro atoms. The maximum absolute atomic E-state index is 11.9. The summed E-state index contributed by atoms with van der Waals surface area (Å²) in [4.78, 5) is 15.8. The molecule has 2 N–H and O–H groups in total. The molecule has 1 heterocycles. The van der Waals surface area contributed by atoms with Gasteiger partial charge in [-0.1, -0.05) is 18.2 Å². The molecule has 0 saturated heterocycles. The number of benzene rings is 1. The predicted molar refractivity (Wildman–Crippen MR) is 74.4 cm³/mol. The first-order valence-electron chi connectivity index (χ1n) is 6.31. The first-order chi connectivity index (χ1) is 9.81. The van der Waals surface area contributed by atoms with E-state index in [0.717, 1.165) is 5.56 Å². The fourth-order valence-corrected chi connectivity index (χ4v) is 1.72. The number of rotatable bonds is 6. The van der Waals surface area contributed by atoms with Crippen LogP contribution in [0.25, 0.3) is 0 Å². The third-order valence-corrected chi connectivity index (χ3v) is 2.68. The predicted octanol–water partition coefficient (Wildman–Crippen LogP) is 1.38. The quantitative estimate of drug-likeness (QED) is 0.833. The van der Waals surface area contributed by atoms with Crippen molar-refractivity contribution in [3.8, 4) is 5.75 Å². The van der Waals surface area contributed by atoms with Crippen LogP contribution < -0.4 is 10.1 Å². The maximum atomic E-state index is 11.9. The van der Waals surface area contributed by atoms with Crippen molar-refractivity contribution in [2.45, 2.75) is 6.54 Å². The molecule has 0 aliphatic heterocycles. The molecular weight excluding hydrogens is 256 g/mol. The third kappa shape index (κ3) is 3.80. The second kappa shape index (κ2) is 7.25. The van der Waals surface area contributed by atoms with Gasteiger partial charge < -0.3 is 15.2 Å². The first kappa shape index (κ1) is 14.0. The zero-order valence-corrected chi connectivity index (χ0v) is 11.0. The Labute approximate surface area is 117 Å². The number of ether oxygens (including phenoxy) is 1. The van der Waals surface area contributed by atoms with Crippen LogP contribution in [0.1, 0.15) is 15.9 Å². The summed E-state index contributed by atoms with van der Waals surface area (Å²) in [6.07, 6.45) is 3.14. The number of para-hydroxylation sites is 1. The second-order valence-electron chi connectivity index (χ2n) is 4.10. The van der Waals surface area contributed by atoms with Gasteiger partial charge in [-0.25, -0.2) is 0 Å². The molecule has 5 nitrogen and oxygen atoms in total. The lowest BCUT2D eigenvalue weighted by Crippen LogP contribution is -2.23. The minimum absolute atomic E-state index is 0.0453. The van der Waals surface area contributed by atoms with E-state index in [2.05, 4.69) is 10.3 Å². The number of hydrogen-bond acceptors (Lipinski definition) is 4. The zero-order chi connectivity index (χ0) is 14.2. The zero-order valence-electron chi connectivity index (χ0n) is 11.0. The van der Waals surface area contributed by atoms with E-state index in [1.807, 2.05) is 18.2 Å². The Kier molecular flexibility index (Phi) is 5.08. The molecule has 1 aromatic carbocycles. The number of nitrogens with zero attached hydrogens (tertiary/aromatic N) is 1. The fourth-order valence-electron chi connectivity index (χ4n) is 1.72. The van der Waals surface area contributed by atoms with Crippen LogP contribution in [0.15, 0.2) is 48.8 Å². The topological polar surface area (TPSA) is 71.5 Å². The number of carbonyl (C=O) groups excluding carboxylic acids is 1. The smallest absolute Gasteiger partial charge is 0.253 e. The van der Waals surface area contributed by atoms with Gasteiger partial charge in [-0.05, 0) is 18.2 Å². The van der Waals surface area contributed by atoms with Crippen LogP contribution in [-0.2, 0) is 6.54 Å². The molecular formula is C15H16N2O3. The van der Waals surface area contributed by atoms with Gasteiger partial charge in [0, 0.05) is 24.5 Å². The minimum atomic E-state index is -0.185. The monoisotopic (exact) mass is 272 g/mol. The van der Waals surface area contributed by atoms with E-state index >= 15 is 0 Å². The fraction of sp³-hybridized carbons (Fsp3) is 0.200. The molecule has 0 aliphatic rings. The Morgan fingerprint density at radius 2 is 2.10 bits per heavy atom. The van der Waals surface area contributed by atoms with E-state index in [1.165, 1.54) is 6.20 Å². The molecule has 104 valence electrons. The SMILES string of the molecule is O=C(NCc1ccccc1OCCO)c1cccnc1. The van der Waals surface area contributed by atoms with Gasteiger partial charge in [0.2, 0.25) is 0 Å². The van der Waals surface area contributed by atoms with Crippen molar-refractivity contribution in [2.24, 2.45) is 0 Å². The summed E-state index contributed by atoms with van der Waals surface area (Å²) >= 11 is 0. The Balaban J connectivity index is 1.98. The van der Waals surface area contributed by atoms with Gasteiger partial charge in [-0.2, -0.15) is 0 Å². The second-order valence-corrected chi connectivity index (χ2v) is 4.10. The van der Waals surface area contributed by atoms with Crippen LogP contribution in [-0.4, -0.2) is 29.2 Å². The Morgan fingerprint density at radius 3 is 2.85 bits per heavy atom. The largest absolute Gasteiger partial charge is 0.491 e. The number of aromatic nitrogens is 1. The summed E-state index contributed by atoms with van der Waals surface area (Å²) < 4.78 is 5.41. The highest BCUT2D eigenvalue weighted by Gasteiger charge is 2.07. The number of hydrogen-bond donors (Lipinski definition) is 2. The lowest BCUT2D eigenvalue weighted by atomic mass is 10.2. The standard InChI is InChI=1S/C15H16N2O3/c18-8-9-20-14-6-2-1-4-12(14)11-17-15(19)13-5-3-7-16-10-13/h1-7,10,18H,8-9,11H2,(H,17,19). The molecule has 0 bridgehead atoms. The van der Waals surface area contributed by atoms with E-state index in [1.54, 1.807) is 24.4 Å². The van der Waals surface area contributed by atoms with Crippen LogP contribution in [0.5, 0.6) is 5.75 Å². The van der Waals surface area contributed by atoms with Crippen LogP contribution in [0, 0.1) is 0 Å². The molecule has 0 atom stereocenters. The molecule has 1 aromatic heterocycles. The van der Waals surface area contributed by atoms with Gasteiger partial charge in [0.05, 0.1) is 12.2 Å². The molecule has 5 heteroatoms. The number of aliphatic hydroxyl groups is 1. The third-order valence-electron chi connectivity index (χ3n) is 2.68. The summed E-state index contributed by atoms with van der Waals surface area (Å²) in [7, 11) is 0. The molecule has 2 rings (SSSR count). The van der Waals surface area contributed by atoms with Crippen LogP contribution in [0.2, 0.25) is 0 Å². The number of aliphatic hydroxyl groups excluding tert-OH is 1. The van der Waals surface area contributed by atoms with Crippen molar-refractivity contribution < 1.29 is 14.6 Å². The molecule has 0 fully saturated rings. The minimum Gasteiger partial charge on any atom is -0.491 e. The number of amides is 1. The number of pyridine rings is 1. The Hall–Kier alpha value is -2.40. The molecule has 0 radical (unpaired) electrons. The molecule has 0 unspecified atom stereocenters. The van der Waals surface area contributed by atoms with Gasteiger partial charge in [0.15, 0.2) is 0 Å². The normalized spacial score (nSPS) is 10.1. The van der Waals surface area contributed by atoms with Crippen LogP contribution in [0.3, 0.4) is 0 Å². The first-order valence-corrected chi connectivity index (χ1v) is 6.31. The summed E-state index contributed by atoms with van der Waals surface area (Å²) in [6.45, 7) is 0.541. The van der Waals surface area contributed by atoms with Crippen molar-refractivity contribution in [2.75, 3.05) is 13.2 Å². The average molecular weight is 272 g/mol. The van der Waals surface area contributed by atoms with Gasteiger partial charge in [-0.3, -0.25) is 9.78 Å². The molecule has 0 aliphatic carbocycles. The van der Waals surface area contributed by atoms with Crippen molar-refractivity contribution in [3.63, 3.8) is 0 Å².